The van der Waals surface area contributed by atoms with Crippen molar-refractivity contribution in [3.8, 4) is 0 Å². The molecule has 0 N–H and O–H groups in total. The van der Waals surface area contributed by atoms with E-state index in [1.807, 2.05) is 17.5 Å². The molecular formula is C14H13F2N3OS. The van der Waals surface area contributed by atoms with E-state index in [1.165, 1.54) is 4.70 Å². The van der Waals surface area contributed by atoms with Crippen LogP contribution in [0.15, 0.2) is 28.9 Å². The SMILES string of the molecule is FC(F)C1=NOC2(CCN(c3nccc4sccc34)C2)C1. The van der Waals surface area contributed by atoms with Crippen molar-refractivity contribution in [2.24, 2.45) is 5.16 Å². The van der Waals surface area contributed by atoms with E-state index in [0.29, 0.717) is 13.0 Å². The first-order valence-corrected chi connectivity index (χ1v) is 7.65. The summed E-state index contributed by atoms with van der Waals surface area (Å²) in [5.41, 5.74) is -0.746. The number of thiophene rings is 1. The Labute approximate surface area is 124 Å². The Balaban J connectivity index is 1.59. The molecule has 2 aromatic rings. The summed E-state index contributed by atoms with van der Waals surface area (Å²) in [6.45, 7) is 1.29. The minimum absolute atomic E-state index is 0.140. The number of anilines is 1. The quantitative estimate of drug-likeness (QED) is 0.854. The van der Waals surface area contributed by atoms with Crippen LogP contribution >= 0.6 is 11.3 Å². The highest BCUT2D eigenvalue weighted by Gasteiger charge is 2.47. The molecule has 2 aliphatic rings. The minimum atomic E-state index is -2.53. The molecule has 0 saturated carbocycles. The summed E-state index contributed by atoms with van der Waals surface area (Å²) >= 11 is 1.67. The van der Waals surface area contributed by atoms with Gasteiger partial charge in [0.15, 0.2) is 5.60 Å². The molecule has 1 atom stereocenters. The number of hydrogen-bond acceptors (Lipinski definition) is 5. The number of fused-ring (bicyclic) bond motifs is 1. The molecule has 4 heterocycles. The van der Waals surface area contributed by atoms with Crippen molar-refractivity contribution in [1.29, 1.82) is 0 Å². The Kier molecular flexibility index (Phi) is 2.85. The molecule has 110 valence electrons. The van der Waals surface area contributed by atoms with Crippen molar-refractivity contribution in [3.63, 3.8) is 0 Å². The van der Waals surface area contributed by atoms with Gasteiger partial charge in [0, 0.05) is 35.7 Å². The molecule has 7 heteroatoms. The van der Waals surface area contributed by atoms with E-state index in [9.17, 15) is 8.78 Å². The van der Waals surface area contributed by atoms with Crippen molar-refractivity contribution in [2.45, 2.75) is 24.9 Å². The zero-order valence-electron chi connectivity index (χ0n) is 11.1. The standard InChI is InChI=1S/C14H13F2N3OS/c15-12(16)10-7-14(20-18-10)3-5-19(8-14)13-9-2-6-21-11(9)1-4-17-13/h1-2,4,6,12H,3,5,7-8H2. The van der Waals surface area contributed by atoms with Gasteiger partial charge in [-0.1, -0.05) is 5.16 Å². The number of rotatable bonds is 2. The predicted octanol–water partition coefficient (Wildman–Crippen LogP) is 3.29. The van der Waals surface area contributed by atoms with Gasteiger partial charge in [-0.05, 0) is 17.5 Å². The average molecular weight is 309 g/mol. The third-order valence-corrected chi connectivity index (χ3v) is 4.97. The Morgan fingerprint density at radius 3 is 3.10 bits per heavy atom. The molecule has 0 bridgehead atoms. The zero-order chi connectivity index (χ0) is 14.4. The number of aromatic nitrogens is 1. The number of hydrogen-bond donors (Lipinski definition) is 0. The third-order valence-electron chi connectivity index (χ3n) is 4.09. The fourth-order valence-corrected chi connectivity index (χ4v) is 3.82. The molecule has 1 fully saturated rings. The fraction of sp³-hybridized carbons (Fsp3) is 0.429. The first-order chi connectivity index (χ1) is 10.2. The number of pyridine rings is 1. The van der Waals surface area contributed by atoms with Crippen LogP contribution in [0.3, 0.4) is 0 Å². The molecule has 0 amide bonds. The summed E-state index contributed by atoms with van der Waals surface area (Å²) in [5, 5.41) is 6.71. The lowest BCUT2D eigenvalue weighted by Crippen LogP contribution is -2.34. The molecule has 0 radical (unpaired) electrons. The van der Waals surface area contributed by atoms with Crippen LogP contribution in [0.4, 0.5) is 14.6 Å². The van der Waals surface area contributed by atoms with Crippen LogP contribution in [0.25, 0.3) is 10.1 Å². The van der Waals surface area contributed by atoms with E-state index in [0.717, 1.165) is 17.7 Å². The van der Waals surface area contributed by atoms with Crippen LogP contribution in [0.5, 0.6) is 0 Å². The van der Waals surface area contributed by atoms with Crippen molar-refractivity contribution < 1.29 is 13.6 Å². The van der Waals surface area contributed by atoms with Crippen molar-refractivity contribution in [1.82, 2.24) is 4.98 Å². The van der Waals surface area contributed by atoms with Gasteiger partial charge in [-0.15, -0.1) is 11.3 Å². The van der Waals surface area contributed by atoms with Crippen molar-refractivity contribution >= 4 is 33.0 Å². The third kappa shape index (κ3) is 2.07. The average Bonchev–Trinajstić information content (AvgIpc) is 3.19. The highest BCUT2D eigenvalue weighted by atomic mass is 32.1. The smallest absolute Gasteiger partial charge is 0.279 e. The van der Waals surface area contributed by atoms with Gasteiger partial charge in [-0.3, -0.25) is 0 Å². The monoisotopic (exact) mass is 309 g/mol. The Morgan fingerprint density at radius 2 is 2.29 bits per heavy atom. The Hall–Kier alpha value is -1.76. The number of halogens is 2. The summed E-state index contributed by atoms with van der Waals surface area (Å²) in [4.78, 5) is 11.9. The number of alkyl halides is 2. The van der Waals surface area contributed by atoms with Gasteiger partial charge in [-0.2, -0.15) is 0 Å². The van der Waals surface area contributed by atoms with Gasteiger partial charge in [-0.25, -0.2) is 13.8 Å². The Morgan fingerprint density at radius 1 is 1.38 bits per heavy atom. The highest BCUT2D eigenvalue weighted by molar-refractivity contribution is 7.17. The van der Waals surface area contributed by atoms with E-state index < -0.39 is 12.0 Å². The fourth-order valence-electron chi connectivity index (χ4n) is 3.04. The van der Waals surface area contributed by atoms with Gasteiger partial charge >= 0.3 is 0 Å². The highest BCUT2D eigenvalue weighted by Crippen LogP contribution is 2.38. The van der Waals surface area contributed by atoms with Crippen LogP contribution in [0.2, 0.25) is 0 Å². The molecule has 1 unspecified atom stereocenters. The molecule has 0 aliphatic carbocycles. The molecule has 0 aromatic carbocycles. The molecule has 4 rings (SSSR count). The molecule has 2 aliphatic heterocycles. The second-order valence-electron chi connectivity index (χ2n) is 5.47. The molecule has 21 heavy (non-hydrogen) atoms. The summed E-state index contributed by atoms with van der Waals surface area (Å²) < 4.78 is 26.6. The molecule has 1 saturated heterocycles. The molecule has 4 nitrogen and oxygen atoms in total. The van der Waals surface area contributed by atoms with Crippen LogP contribution in [0.1, 0.15) is 12.8 Å². The number of nitrogens with zero attached hydrogens (tertiary/aromatic N) is 3. The summed E-state index contributed by atoms with van der Waals surface area (Å²) in [5.74, 6) is 0.903. The Bertz CT molecular complexity index is 717. The van der Waals surface area contributed by atoms with Gasteiger partial charge in [0.1, 0.15) is 11.5 Å². The maximum atomic E-state index is 12.7. The van der Waals surface area contributed by atoms with Gasteiger partial charge in [0.2, 0.25) is 0 Å². The van der Waals surface area contributed by atoms with E-state index in [1.54, 1.807) is 17.5 Å². The van der Waals surface area contributed by atoms with E-state index in [4.69, 9.17) is 4.84 Å². The maximum Gasteiger partial charge on any atom is 0.279 e. The predicted molar refractivity (Wildman–Crippen MR) is 78.3 cm³/mol. The van der Waals surface area contributed by atoms with E-state index in [-0.39, 0.29) is 12.1 Å². The number of oxime groups is 1. The van der Waals surface area contributed by atoms with Crippen LogP contribution in [-0.2, 0) is 4.84 Å². The van der Waals surface area contributed by atoms with Gasteiger partial charge in [0.05, 0.1) is 6.54 Å². The van der Waals surface area contributed by atoms with Crippen LogP contribution in [-0.4, -0.2) is 35.8 Å². The van der Waals surface area contributed by atoms with Gasteiger partial charge < -0.3 is 9.74 Å². The van der Waals surface area contributed by atoms with Crippen LogP contribution < -0.4 is 4.90 Å². The zero-order valence-corrected chi connectivity index (χ0v) is 11.9. The lowest BCUT2D eigenvalue weighted by atomic mass is 9.97. The minimum Gasteiger partial charge on any atom is -0.387 e. The normalized spacial score (nSPS) is 25.1. The largest absolute Gasteiger partial charge is 0.387 e. The topological polar surface area (TPSA) is 37.7 Å². The van der Waals surface area contributed by atoms with Crippen molar-refractivity contribution in [2.75, 3.05) is 18.0 Å². The van der Waals surface area contributed by atoms with Crippen molar-refractivity contribution in [3.05, 3.63) is 23.7 Å². The molecule has 2 aromatic heterocycles. The van der Waals surface area contributed by atoms with Gasteiger partial charge in [0.25, 0.3) is 6.43 Å². The van der Waals surface area contributed by atoms with E-state index in [2.05, 4.69) is 15.0 Å². The lowest BCUT2D eigenvalue weighted by molar-refractivity contribution is -0.000537. The summed E-state index contributed by atoms with van der Waals surface area (Å²) in [6, 6.07) is 4.03. The second kappa shape index (κ2) is 4.62. The first kappa shape index (κ1) is 12.9. The summed E-state index contributed by atoms with van der Waals surface area (Å²) in [7, 11) is 0. The summed E-state index contributed by atoms with van der Waals surface area (Å²) in [6.07, 6.45) is 0.155. The van der Waals surface area contributed by atoms with E-state index >= 15 is 0 Å². The second-order valence-corrected chi connectivity index (χ2v) is 6.42. The maximum absolute atomic E-state index is 12.7. The molecule has 1 spiro atoms. The molecular weight excluding hydrogens is 296 g/mol. The lowest BCUT2D eigenvalue weighted by Gasteiger charge is -2.22. The van der Waals surface area contributed by atoms with Crippen LogP contribution in [0, 0.1) is 0 Å². The first-order valence-electron chi connectivity index (χ1n) is 6.77.